The number of pyridine rings is 1. The molecule has 2 heterocycles. The van der Waals surface area contributed by atoms with E-state index in [0.717, 1.165) is 47.0 Å². The third-order valence-electron chi connectivity index (χ3n) is 3.78. The quantitative estimate of drug-likeness (QED) is 0.779. The molecule has 23 heavy (non-hydrogen) atoms. The van der Waals surface area contributed by atoms with Crippen molar-refractivity contribution < 1.29 is 4.79 Å². The third-order valence-corrected chi connectivity index (χ3v) is 4.27. The first-order valence-electron chi connectivity index (χ1n) is 7.22. The summed E-state index contributed by atoms with van der Waals surface area (Å²) in [6, 6.07) is 7.91. The topological polar surface area (TPSA) is 54.0 Å². The van der Waals surface area contributed by atoms with E-state index in [9.17, 15) is 4.79 Å². The number of carbonyl (C=O) groups excluding carboxylic acids is 1. The maximum absolute atomic E-state index is 12.6. The molecule has 1 saturated heterocycles. The average molecular weight is 421 g/mol. The lowest BCUT2D eigenvalue weighted by Crippen LogP contribution is -2.45. The Labute approximate surface area is 156 Å². The van der Waals surface area contributed by atoms with E-state index in [1.54, 1.807) is 0 Å². The zero-order chi connectivity index (χ0) is 14.8. The van der Waals surface area contributed by atoms with Crippen LogP contribution in [0.3, 0.4) is 0 Å². The first-order chi connectivity index (χ1) is 10.1. The van der Waals surface area contributed by atoms with Crippen LogP contribution in [0, 0.1) is 6.92 Å². The number of benzene rings is 1. The molecule has 1 aliphatic rings. The maximum atomic E-state index is 12.6. The molecule has 2 aromatic rings. The summed E-state index contributed by atoms with van der Waals surface area (Å²) in [4.78, 5) is 17.1. The first-order valence-corrected chi connectivity index (χ1v) is 8.01. The molecule has 1 amide bonds. The highest BCUT2D eigenvalue weighted by atomic mass is 79.9. The van der Waals surface area contributed by atoms with Gasteiger partial charge in [-0.25, -0.2) is 0 Å². The molecule has 4 nitrogen and oxygen atoms in total. The number of carbonyl (C=O) groups is 1. The molecule has 7 heteroatoms. The van der Waals surface area contributed by atoms with Gasteiger partial charge in [-0.05, 0) is 44.5 Å². The van der Waals surface area contributed by atoms with Crippen molar-refractivity contribution in [3.05, 3.63) is 40.0 Å². The van der Waals surface area contributed by atoms with Crippen LogP contribution in [0.2, 0.25) is 0 Å². The fourth-order valence-corrected chi connectivity index (χ4v) is 3.11. The molecule has 126 valence electrons. The highest BCUT2D eigenvalue weighted by molar-refractivity contribution is 9.10. The maximum Gasteiger partial charge on any atom is 0.252 e. The molecule has 1 aromatic heterocycles. The molecule has 0 saturated carbocycles. The van der Waals surface area contributed by atoms with Gasteiger partial charge in [0.25, 0.3) is 5.91 Å². The van der Waals surface area contributed by atoms with Gasteiger partial charge in [-0.3, -0.25) is 9.78 Å². The second-order valence-corrected chi connectivity index (χ2v) is 6.41. The zero-order valence-electron chi connectivity index (χ0n) is 12.8. The normalized spacial score (nSPS) is 17.0. The second-order valence-electron chi connectivity index (χ2n) is 5.49. The number of rotatable bonds is 2. The monoisotopic (exact) mass is 419 g/mol. The van der Waals surface area contributed by atoms with E-state index < -0.39 is 0 Å². The molecule has 1 fully saturated rings. The summed E-state index contributed by atoms with van der Waals surface area (Å²) in [5, 5.41) is 7.34. The molecule has 0 unspecified atom stereocenters. The van der Waals surface area contributed by atoms with Gasteiger partial charge in [-0.2, -0.15) is 0 Å². The molecule has 1 atom stereocenters. The van der Waals surface area contributed by atoms with Gasteiger partial charge in [-0.1, -0.05) is 22.0 Å². The third kappa shape index (κ3) is 4.80. The van der Waals surface area contributed by atoms with Crippen LogP contribution in [0.25, 0.3) is 10.9 Å². The number of nitrogens with zero attached hydrogens (tertiary/aromatic N) is 1. The van der Waals surface area contributed by atoms with Crippen molar-refractivity contribution in [2.75, 3.05) is 13.1 Å². The van der Waals surface area contributed by atoms with Gasteiger partial charge in [-0.15, -0.1) is 24.8 Å². The van der Waals surface area contributed by atoms with Gasteiger partial charge in [0, 0.05) is 28.1 Å². The molecular weight excluding hydrogens is 401 g/mol. The summed E-state index contributed by atoms with van der Waals surface area (Å²) in [6.07, 6.45) is 2.14. The fourth-order valence-electron chi connectivity index (χ4n) is 2.76. The van der Waals surface area contributed by atoms with Crippen LogP contribution >= 0.6 is 40.7 Å². The van der Waals surface area contributed by atoms with E-state index in [2.05, 4.69) is 31.5 Å². The van der Waals surface area contributed by atoms with Crippen LogP contribution < -0.4 is 10.6 Å². The summed E-state index contributed by atoms with van der Waals surface area (Å²) in [6.45, 7) is 3.80. The van der Waals surface area contributed by atoms with Gasteiger partial charge in [0.1, 0.15) is 0 Å². The lowest BCUT2D eigenvalue weighted by atomic mass is 10.0. The van der Waals surface area contributed by atoms with Crippen LogP contribution in [-0.4, -0.2) is 30.0 Å². The summed E-state index contributed by atoms with van der Waals surface area (Å²) < 4.78 is 0.968. The Morgan fingerprint density at radius 3 is 2.83 bits per heavy atom. The number of fused-ring (bicyclic) bond motifs is 1. The fraction of sp³-hybridized carbons (Fsp3) is 0.375. The van der Waals surface area contributed by atoms with Gasteiger partial charge in [0.05, 0.1) is 11.1 Å². The number of aryl methyl sites for hydroxylation is 1. The van der Waals surface area contributed by atoms with Crippen molar-refractivity contribution in [2.24, 2.45) is 0 Å². The van der Waals surface area contributed by atoms with Gasteiger partial charge in [0.2, 0.25) is 0 Å². The zero-order valence-corrected chi connectivity index (χ0v) is 16.0. The van der Waals surface area contributed by atoms with Crippen molar-refractivity contribution in [1.29, 1.82) is 0 Å². The van der Waals surface area contributed by atoms with Gasteiger partial charge in [0.15, 0.2) is 0 Å². The van der Waals surface area contributed by atoms with E-state index >= 15 is 0 Å². The highest BCUT2D eigenvalue weighted by Gasteiger charge is 2.18. The molecule has 1 aliphatic heterocycles. The van der Waals surface area contributed by atoms with Crippen molar-refractivity contribution in [3.8, 4) is 0 Å². The van der Waals surface area contributed by atoms with E-state index in [0.29, 0.717) is 5.56 Å². The van der Waals surface area contributed by atoms with Crippen LogP contribution in [-0.2, 0) is 0 Å². The van der Waals surface area contributed by atoms with Gasteiger partial charge < -0.3 is 10.6 Å². The number of hydrogen-bond acceptors (Lipinski definition) is 3. The molecule has 3 rings (SSSR count). The van der Waals surface area contributed by atoms with E-state index in [1.165, 1.54) is 0 Å². The van der Waals surface area contributed by atoms with E-state index in [4.69, 9.17) is 0 Å². The van der Waals surface area contributed by atoms with Crippen LogP contribution in [0.5, 0.6) is 0 Å². The minimum absolute atomic E-state index is 0. The predicted molar refractivity (Wildman–Crippen MR) is 102 cm³/mol. The number of amides is 1. The van der Waals surface area contributed by atoms with Crippen molar-refractivity contribution in [1.82, 2.24) is 15.6 Å². The van der Waals surface area contributed by atoms with Crippen molar-refractivity contribution in [2.45, 2.75) is 25.8 Å². The molecule has 0 radical (unpaired) electrons. The standard InChI is InChI=1S/C16H18BrN3O.2ClH/c1-10-7-14(13-5-4-11(17)8-15(13)19-10)16(21)20-12-3-2-6-18-9-12;;/h4-5,7-8,12,18H,2-3,6,9H2,1H3,(H,20,21);2*1H/t12-;;/m0../s1. The Bertz CT molecular complexity index is 685. The van der Waals surface area contributed by atoms with E-state index in [1.807, 2.05) is 31.2 Å². The largest absolute Gasteiger partial charge is 0.348 e. The minimum atomic E-state index is -0.0125. The number of piperidine rings is 1. The number of aromatic nitrogens is 1. The Hall–Kier alpha value is -0.880. The number of halogens is 3. The SMILES string of the molecule is Cc1cc(C(=O)N[C@H]2CCCNC2)c2ccc(Br)cc2n1.Cl.Cl. The number of hydrogen-bond donors (Lipinski definition) is 2. The summed E-state index contributed by atoms with van der Waals surface area (Å²) in [5.41, 5.74) is 2.40. The molecular formula is C16H20BrCl2N3O. The van der Waals surface area contributed by atoms with Crippen LogP contribution in [0.15, 0.2) is 28.7 Å². The van der Waals surface area contributed by atoms with Crippen LogP contribution in [0.1, 0.15) is 28.9 Å². The minimum Gasteiger partial charge on any atom is -0.348 e. The van der Waals surface area contributed by atoms with Crippen LogP contribution in [0.4, 0.5) is 0 Å². The van der Waals surface area contributed by atoms with Crippen molar-refractivity contribution >= 4 is 57.6 Å². The smallest absolute Gasteiger partial charge is 0.252 e. The summed E-state index contributed by atoms with van der Waals surface area (Å²) in [7, 11) is 0. The molecule has 1 aromatic carbocycles. The van der Waals surface area contributed by atoms with E-state index in [-0.39, 0.29) is 36.8 Å². The molecule has 0 bridgehead atoms. The lowest BCUT2D eigenvalue weighted by molar-refractivity contribution is 0.0932. The first kappa shape index (κ1) is 20.2. The van der Waals surface area contributed by atoms with Gasteiger partial charge >= 0.3 is 0 Å². The Balaban J connectivity index is 0.00000132. The summed E-state index contributed by atoms with van der Waals surface area (Å²) >= 11 is 3.45. The second kappa shape index (κ2) is 8.83. The molecule has 0 aliphatic carbocycles. The number of nitrogens with one attached hydrogen (secondary N) is 2. The summed E-state index contributed by atoms with van der Waals surface area (Å²) in [5.74, 6) is -0.0125. The highest BCUT2D eigenvalue weighted by Crippen LogP contribution is 2.22. The Morgan fingerprint density at radius 2 is 2.13 bits per heavy atom. The Kier molecular flexibility index (Phi) is 7.74. The molecule has 2 N–H and O–H groups in total. The van der Waals surface area contributed by atoms with Crippen molar-refractivity contribution in [3.63, 3.8) is 0 Å². The average Bonchev–Trinajstić information content (AvgIpc) is 2.47. The predicted octanol–water partition coefficient (Wildman–Crippen LogP) is 3.63. The Morgan fingerprint density at radius 1 is 1.35 bits per heavy atom. The lowest BCUT2D eigenvalue weighted by Gasteiger charge is -2.24. The molecule has 0 spiro atoms.